The van der Waals surface area contributed by atoms with Gasteiger partial charge in [-0.2, -0.15) is 0 Å². The van der Waals surface area contributed by atoms with E-state index in [9.17, 15) is 43.2 Å². The molecule has 0 aliphatic rings. The Balaban J connectivity index is 5.33. The summed E-state index contributed by atoms with van der Waals surface area (Å²) in [5.74, 6) is -2.16. The molecule has 5 atom stereocenters. The second-order valence-electron chi connectivity index (χ2n) is 28.1. The average molecular weight is 1480 g/mol. The lowest BCUT2D eigenvalue weighted by molar-refractivity contribution is -0.161. The van der Waals surface area contributed by atoms with E-state index in [1.165, 1.54) is 148 Å². The zero-order valence-electron chi connectivity index (χ0n) is 65.3. The summed E-state index contributed by atoms with van der Waals surface area (Å²) in [6.07, 6.45) is 76.1. The van der Waals surface area contributed by atoms with Crippen molar-refractivity contribution in [2.24, 2.45) is 0 Å². The van der Waals surface area contributed by atoms with Crippen molar-refractivity contribution in [2.45, 2.75) is 406 Å². The quantitative estimate of drug-likeness (QED) is 0.0169. The lowest BCUT2D eigenvalue weighted by Crippen LogP contribution is -2.30. The molecule has 0 amide bonds. The van der Waals surface area contributed by atoms with Crippen molar-refractivity contribution in [2.75, 3.05) is 39.6 Å². The maximum Gasteiger partial charge on any atom is 0.472 e. The van der Waals surface area contributed by atoms with E-state index in [1.54, 1.807) is 0 Å². The SMILES string of the molecule is CC/C=C\C/C=C\C/C=C\CCCCCCCCCC(=O)OCC(COP(=O)(O)OCC(O)COP(=O)(O)OCC(COC(=O)CCCCCCC/C=C\C/C=C\CCCCC)OC(=O)CCCCCCCCCCCCCCCCC)OC(=O)CCCCCCCCCCCCCCCCC. The minimum Gasteiger partial charge on any atom is -0.462 e. The zero-order valence-corrected chi connectivity index (χ0v) is 67.1. The Morgan fingerprint density at radius 3 is 0.804 bits per heavy atom. The van der Waals surface area contributed by atoms with E-state index in [0.29, 0.717) is 25.7 Å². The van der Waals surface area contributed by atoms with Crippen LogP contribution in [0.15, 0.2) is 60.8 Å². The van der Waals surface area contributed by atoms with Gasteiger partial charge in [-0.3, -0.25) is 37.3 Å². The second kappa shape index (κ2) is 76.0. The second-order valence-corrected chi connectivity index (χ2v) is 31.0. The van der Waals surface area contributed by atoms with Crippen LogP contribution in [0.2, 0.25) is 0 Å². The number of carbonyl (C=O) groups excluding carboxylic acids is 4. The van der Waals surface area contributed by atoms with E-state index in [-0.39, 0.29) is 25.7 Å². The highest BCUT2D eigenvalue weighted by Gasteiger charge is 2.30. The van der Waals surface area contributed by atoms with Crippen molar-refractivity contribution in [3.63, 3.8) is 0 Å². The highest BCUT2D eigenvalue weighted by Crippen LogP contribution is 2.45. The van der Waals surface area contributed by atoms with E-state index in [2.05, 4.69) is 88.5 Å². The summed E-state index contributed by atoms with van der Waals surface area (Å²) in [6.45, 7) is 4.81. The summed E-state index contributed by atoms with van der Waals surface area (Å²) < 4.78 is 68.7. The van der Waals surface area contributed by atoms with Gasteiger partial charge in [-0.15, -0.1) is 0 Å². The van der Waals surface area contributed by atoms with E-state index >= 15 is 0 Å². The maximum atomic E-state index is 13.1. The first-order valence-corrected chi connectivity index (χ1v) is 44.5. The van der Waals surface area contributed by atoms with E-state index in [1.807, 2.05) is 0 Å². The molecule has 0 heterocycles. The Kier molecular flexibility index (Phi) is 73.6. The molecular weight excluding hydrogens is 1330 g/mol. The van der Waals surface area contributed by atoms with Crippen molar-refractivity contribution in [3.8, 4) is 0 Å². The van der Waals surface area contributed by atoms with Crippen LogP contribution in [0, 0.1) is 0 Å². The molecule has 0 aromatic rings. The molecule has 0 aromatic carbocycles. The standard InChI is InChI=1S/C83H152O17P2/c1-5-9-13-17-21-25-29-33-37-38-42-44-48-52-56-60-64-68-81(86)94-74-79(100-83(88)70-66-62-58-54-50-46-41-36-32-28-24-20-16-12-8-4)76-98-102(91,92)96-72-77(84)71-95-101(89,90)97-75-78(99-82(87)69-65-61-57-53-49-45-40-35-31-27-23-19-15-11-7-3)73-93-80(85)67-63-59-55-51-47-43-39-34-30-26-22-18-14-10-6-2/h9,13,21-22,25-26,33-34,37,39,77-79,84H,5-8,10-12,14-20,23-24,27-32,35-36,38,40-76H2,1-4H3,(H,89,90)(H,91,92)/b13-9-,25-21-,26-22-,37-33-,39-34-. The van der Waals surface area contributed by atoms with Crippen LogP contribution >= 0.6 is 15.6 Å². The molecule has 0 spiro atoms. The smallest absolute Gasteiger partial charge is 0.462 e. The van der Waals surface area contributed by atoms with Crippen molar-refractivity contribution in [1.82, 2.24) is 0 Å². The molecule has 0 fully saturated rings. The van der Waals surface area contributed by atoms with Crippen LogP contribution in [0.4, 0.5) is 0 Å². The van der Waals surface area contributed by atoms with Gasteiger partial charge < -0.3 is 33.8 Å². The van der Waals surface area contributed by atoms with Crippen molar-refractivity contribution in [1.29, 1.82) is 0 Å². The van der Waals surface area contributed by atoms with Crippen LogP contribution in [0.1, 0.15) is 387 Å². The molecule has 0 radical (unpaired) electrons. The molecule has 19 heteroatoms. The monoisotopic (exact) mass is 1480 g/mol. The third-order valence-corrected chi connectivity index (χ3v) is 19.9. The molecule has 0 aliphatic carbocycles. The van der Waals surface area contributed by atoms with Gasteiger partial charge >= 0.3 is 39.5 Å². The van der Waals surface area contributed by atoms with Crippen molar-refractivity contribution >= 4 is 39.5 Å². The Morgan fingerprint density at radius 1 is 0.284 bits per heavy atom. The molecule has 3 N–H and O–H groups in total. The molecule has 596 valence electrons. The third kappa shape index (κ3) is 75.0. The van der Waals surface area contributed by atoms with Crippen molar-refractivity contribution in [3.05, 3.63) is 60.8 Å². The Labute approximate surface area is 622 Å². The zero-order chi connectivity index (χ0) is 74.6. The minimum absolute atomic E-state index is 0.0994. The number of hydrogen-bond acceptors (Lipinski definition) is 15. The molecule has 0 rings (SSSR count). The largest absolute Gasteiger partial charge is 0.472 e. The number of rotatable bonds is 79. The molecule has 0 aliphatic heterocycles. The normalized spacial score (nSPS) is 14.1. The van der Waals surface area contributed by atoms with Crippen molar-refractivity contribution < 1.29 is 80.2 Å². The fourth-order valence-corrected chi connectivity index (χ4v) is 13.3. The van der Waals surface area contributed by atoms with E-state index in [0.717, 1.165) is 161 Å². The predicted octanol–water partition coefficient (Wildman–Crippen LogP) is 24.2. The Morgan fingerprint density at radius 2 is 0.510 bits per heavy atom. The molecule has 0 bridgehead atoms. The highest BCUT2D eigenvalue weighted by molar-refractivity contribution is 7.47. The Bertz CT molecular complexity index is 2170. The summed E-state index contributed by atoms with van der Waals surface area (Å²) in [7, 11) is -9.95. The molecule has 17 nitrogen and oxygen atoms in total. The van der Waals surface area contributed by atoms with Crippen LogP contribution < -0.4 is 0 Å². The number of carbonyl (C=O) groups is 4. The number of allylic oxidation sites excluding steroid dienone is 10. The third-order valence-electron chi connectivity index (χ3n) is 18.0. The van der Waals surface area contributed by atoms with Gasteiger partial charge in [0.2, 0.25) is 0 Å². The van der Waals surface area contributed by atoms with Gasteiger partial charge in [0, 0.05) is 25.7 Å². The molecule has 5 unspecified atom stereocenters. The Hall–Kier alpha value is -3.24. The fourth-order valence-electron chi connectivity index (χ4n) is 11.7. The average Bonchev–Trinajstić information content (AvgIpc) is 0.923. The molecule has 102 heavy (non-hydrogen) atoms. The number of aliphatic hydroxyl groups excluding tert-OH is 1. The number of phosphoric acid groups is 2. The summed E-state index contributed by atoms with van der Waals surface area (Å²) >= 11 is 0. The molecular formula is C83H152O17P2. The van der Waals surface area contributed by atoms with Gasteiger partial charge in [0.1, 0.15) is 19.3 Å². The first-order valence-electron chi connectivity index (χ1n) is 41.5. The predicted molar refractivity (Wildman–Crippen MR) is 418 cm³/mol. The van der Waals surface area contributed by atoms with Crippen LogP contribution in [0.3, 0.4) is 0 Å². The van der Waals surface area contributed by atoms with E-state index < -0.39 is 97.5 Å². The fraction of sp³-hybridized carbons (Fsp3) is 0.831. The number of esters is 4. The van der Waals surface area contributed by atoms with Gasteiger partial charge in [0.15, 0.2) is 12.2 Å². The maximum absolute atomic E-state index is 13.1. The number of unbranched alkanes of at least 4 members (excludes halogenated alkanes) is 43. The lowest BCUT2D eigenvalue weighted by Gasteiger charge is -2.21. The summed E-state index contributed by atoms with van der Waals surface area (Å²) in [4.78, 5) is 73.1. The first-order chi connectivity index (χ1) is 49.7. The summed E-state index contributed by atoms with van der Waals surface area (Å²) in [5, 5.41) is 10.7. The minimum atomic E-state index is -4.97. The molecule has 0 saturated carbocycles. The van der Waals surface area contributed by atoms with Gasteiger partial charge in [0.05, 0.1) is 26.4 Å². The molecule has 0 saturated heterocycles. The first kappa shape index (κ1) is 98.8. The highest BCUT2D eigenvalue weighted by atomic mass is 31.2. The number of ether oxygens (including phenoxy) is 4. The van der Waals surface area contributed by atoms with Gasteiger partial charge in [-0.05, 0) is 89.9 Å². The van der Waals surface area contributed by atoms with Gasteiger partial charge in [0.25, 0.3) is 0 Å². The lowest BCUT2D eigenvalue weighted by atomic mass is 10.0. The van der Waals surface area contributed by atoms with Crippen LogP contribution in [-0.4, -0.2) is 96.7 Å². The van der Waals surface area contributed by atoms with Crippen LogP contribution in [0.25, 0.3) is 0 Å². The van der Waals surface area contributed by atoms with Crippen LogP contribution in [0.5, 0.6) is 0 Å². The summed E-state index contributed by atoms with van der Waals surface area (Å²) in [5.41, 5.74) is 0. The number of hydrogen-bond donors (Lipinski definition) is 3. The van der Waals surface area contributed by atoms with E-state index in [4.69, 9.17) is 37.0 Å². The van der Waals surface area contributed by atoms with Gasteiger partial charge in [-0.1, -0.05) is 332 Å². The molecule has 0 aromatic heterocycles. The topological polar surface area (TPSA) is 237 Å². The van der Waals surface area contributed by atoms with Gasteiger partial charge in [-0.25, -0.2) is 9.13 Å². The number of phosphoric ester groups is 2. The number of aliphatic hydroxyl groups is 1. The summed E-state index contributed by atoms with van der Waals surface area (Å²) in [6, 6.07) is 0. The van der Waals surface area contributed by atoms with Crippen LogP contribution in [-0.2, 0) is 65.4 Å².